The van der Waals surface area contributed by atoms with E-state index in [2.05, 4.69) is 52.5 Å². The first-order valence-electron chi connectivity index (χ1n) is 29.3. The predicted molar refractivity (Wildman–Crippen MR) is 324 cm³/mol. The first kappa shape index (κ1) is 65.3. The Balaban J connectivity index is 1.10. The van der Waals surface area contributed by atoms with E-state index in [9.17, 15) is 43.5 Å². The van der Waals surface area contributed by atoms with Crippen molar-refractivity contribution in [2.45, 2.75) is 168 Å². The lowest BCUT2D eigenvalue weighted by Gasteiger charge is -2.37. The molecule has 84 heavy (non-hydrogen) atoms. The maximum Gasteiger partial charge on any atom is 0.326 e. The number of carboxylic acid groups (broad SMARTS) is 1. The van der Waals surface area contributed by atoms with Gasteiger partial charge in [0.1, 0.15) is 29.7 Å². The number of hydrogen-bond acceptors (Lipinski definition) is 10. The number of aryl methyl sites for hydroxylation is 1. The van der Waals surface area contributed by atoms with E-state index in [1.807, 2.05) is 124 Å². The summed E-state index contributed by atoms with van der Waals surface area (Å²) < 4.78 is 12.2. The van der Waals surface area contributed by atoms with Gasteiger partial charge in [0, 0.05) is 36.8 Å². The molecule has 5 amide bonds. The van der Waals surface area contributed by atoms with Crippen LogP contribution >= 0.6 is 0 Å². The number of likely N-dealkylation sites (tertiary alicyclic amines) is 1. The molecule has 0 spiro atoms. The molecule has 1 heterocycles. The highest BCUT2D eigenvalue weighted by molar-refractivity contribution is 6.00. The van der Waals surface area contributed by atoms with Crippen LogP contribution in [-0.2, 0) is 55.0 Å². The van der Waals surface area contributed by atoms with E-state index in [1.165, 1.54) is 17.4 Å². The van der Waals surface area contributed by atoms with Gasteiger partial charge >= 0.3 is 5.97 Å². The Kier molecular flexibility index (Phi) is 23.0. The van der Waals surface area contributed by atoms with Crippen molar-refractivity contribution >= 4 is 47.1 Å². The molecule has 1 aliphatic rings. The molecule has 5 aromatic rings. The van der Waals surface area contributed by atoms with Gasteiger partial charge in [-0.1, -0.05) is 155 Å². The minimum absolute atomic E-state index is 0.145. The van der Waals surface area contributed by atoms with Gasteiger partial charge in [-0.05, 0) is 120 Å². The number of nitrogens with one attached hydrogen (secondary N) is 4. The average molecular weight is 1150 g/mol. The molecule has 1 saturated heterocycles. The lowest BCUT2D eigenvalue weighted by molar-refractivity contribution is -0.145. The van der Waals surface area contributed by atoms with Gasteiger partial charge in [0.15, 0.2) is 11.6 Å². The summed E-state index contributed by atoms with van der Waals surface area (Å²) in [6, 6.07) is 38.2. The van der Waals surface area contributed by atoms with E-state index in [1.54, 1.807) is 46.8 Å². The number of nitrogens with zero attached hydrogens (tertiary/aromatic N) is 1. The van der Waals surface area contributed by atoms with Gasteiger partial charge in [-0.2, -0.15) is 0 Å². The monoisotopic (exact) mass is 1150 g/mol. The third-order valence-corrected chi connectivity index (χ3v) is 15.0. The van der Waals surface area contributed by atoms with Crippen LogP contribution in [0.5, 0.6) is 0 Å². The number of carbonyl (C=O) groups is 8. The Bertz CT molecular complexity index is 2930. The predicted octanol–water partition coefficient (Wildman–Crippen LogP) is 9.55. The van der Waals surface area contributed by atoms with E-state index >= 15 is 0 Å². The smallest absolute Gasteiger partial charge is 0.326 e. The highest BCUT2D eigenvalue weighted by Crippen LogP contribution is 2.37. The molecule has 0 bridgehead atoms. The second-order valence-electron chi connectivity index (χ2n) is 24.1. The number of hydrogen-bond donors (Lipinski definition) is 5. The number of carboxylic acids is 1. The van der Waals surface area contributed by atoms with E-state index in [-0.39, 0.29) is 26.0 Å². The zero-order valence-corrected chi connectivity index (χ0v) is 50.4. The topological polar surface area (TPSA) is 227 Å². The molecule has 16 nitrogen and oxygen atoms in total. The van der Waals surface area contributed by atoms with E-state index in [0.29, 0.717) is 28.7 Å². The maximum absolute atomic E-state index is 14.4. The fraction of sp³-hybridized carbons (Fsp3) is 0.441. The van der Waals surface area contributed by atoms with E-state index < -0.39 is 119 Å². The van der Waals surface area contributed by atoms with E-state index in [0.717, 1.165) is 30.4 Å². The molecule has 16 heteroatoms. The molecule has 1 aliphatic heterocycles. The number of ketones is 2. The van der Waals surface area contributed by atoms with Crippen LogP contribution in [0.2, 0.25) is 0 Å². The molecule has 0 aliphatic carbocycles. The van der Waals surface area contributed by atoms with Crippen molar-refractivity contribution in [3.8, 4) is 11.1 Å². The Morgan fingerprint density at radius 1 is 0.619 bits per heavy atom. The SMILES string of the molecule is CCCCc1ccc(-c2ccc(C(=O)N[C@H](COC(C)(C)C)C(=O)C[C@H](C)C(=O)N3CCC[C@H]3C(=O)N[C@H](C(=O)C[C@@H](C)C(=O)N[C@@H](CC(=O)NC(c3ccccc3)(c3ccccc3)c3ccccc3)C(=O)O)C(C)OC(C)(C)C)cc2)cc1. The summed E-state index contributed by atoms with van der Waals surface area (Å²) in [5.41, 5.74) is 3.02. The number of unbranched alkanes of at least 4 members (excludes halogenated alkanes) is 1. The molecule has 5 N–H and O–H groups in total. The number of rotatable bonds is 28. The van der Waals surface area contributed by atoms with Crippen molar-refractivity contribution in [1.29, 1.82) is 0 Å². The third kappa shape index (κ3) is 18.1. The zero-order valence-electron chi connectivity index (χ0n) is 50.4. The number of carbonyl (C=O) groups excluding carboxylic acids is 7. The third-order valence-electron chi connectivity index (χ3n) is 15.0. The Morgan fingerprint density at radius 3 is 1.64 bits per heavy atom. The number of Topliss-reactive ketones (excluding diaryl/α,β-unsaturated/α-hetero) is 2. The van der Waals surface area contributed by atoms with Crippen LogP contribution in [0.4, 0.5) is 0 Å². The number of ether oxygens (including phenoxy) is 2. The van der Waals surface area contributed by atoms with Gasteiger partial charge in [0.05, 0.1) is 30.3 Å². The summed E-state index contributed by atoms with van der Waals surface area (Å²) in [4.78, 5) is 113. The van der Waals surface area contributed by atoms with Crippen LogP contribution in [0.3, 0.4) is 0 Å². The van der Waals surface area contributed by atoms with Crippen LogP contribution < -0.4 is 21.3 Å². The van der Waals surface area contributed by atoms with Crippen molar-refractivity contribution < 1.29 is 52.9 Å². The average Bonchev–Trinajstić information content (AvgIpc) is 3.49. The molecular formula is C68H85N5O11. The van der Waals surface area contributed by atoms with Crippen molar-refractivity contribution in [1.82, 2.24) is 26.2 Å². The van der Waals surface area contributed by atoms with Crippen molar-refractivity contribution in [2.75, 3.05) is 13.2 Å². The summed E-state index contributed by atoms with van der Waals surface area (Å²) in [6.07, 6.45) is 1.68. The lowest BCUT2D eigenvalue weighted by Crippen LogP contribution is -2.56. The Hall–Kier alpha value is -7.82. The molecule has 7 atom stereocenters. The van der Waals surface area contributed by atoms with Crippen LogP contribution in [0, 0.1) is 11.8 Å². The summed E-state index contributed by atoms with van der Waals surface area (Å²) in [5, 5.41) is 21.7. The largest absolute Gasteiger partial charge is 0.480 e. The van der Waals surface area contributed by atoms with Gasteiger partial charge in [0.25, 0.3) is 5.91 Å². The van der Waals surface area contributed by atoms with Crippen LogP contribution in [0.15, 0.2) is 140 Å². The molecule has 0 radical (unpaired) electrons. The molecule has 5 aromatic carbocycles. The molecule has 1 unspecified atom stereocenters. The van der Waals surface area contributed by atoms with Gasteiger partial charge in [-0.15, -0.1) is 0 Å². The quantitative estimate of drug-likeness (QED) is 0.0296. The van der Waals surface area contributed by atoms with Crippen molar-refractivity contribution in [2.24, 2.45) is 11.8 Å². The minimum Gasteiger partial charge on any atom is -0.480 e. The molecule has 0 aromatic heterocycles. The van der Waals surface area contributed by atoms with Crippen LogP contribution in [0.25, 0.3) is 11.1 Å². The van der Waals surface area contributed by atoms with Crippen LogP contribution in [-0.4, -0.2) is 112 Å². The second-order valence-corrected chi connectivity index (χ2v) is 24.1. The van der Waals surface area contributed by atoms with Gasteiger partial charge in [0.2, 0.25) is 23.6 Å². The standard InChI is InChI=1S/C68H85N5O11/c1-11-12-23-47-31-33-48(34-32-47)49-35-37-50(38-36-49)62(78)70-55(43-83-66(5,6)7)57(74)41-45(3)64(80)73-39-22-30-56(73)63(79)71-60(46(4)84-67(8,9)10)58(75)40-44(2)61(77)69-54(65(81)82)42-59(76)72-68(51-24-16-13-17-25-51,52-26-18-14-19-27-52)53-28-20-15-21-29-53/h13-21,24-29,31-38,44-46,54-56,60H,11-12,22-23,30,39-43H2,1-10H3,(H,69,77)(H,70,78)(H,71,79)(H,72,76)(H,81,82)/t44-,45+,46?,54+,55-,56+,60+/m1/s1. The molecule has 1 fully saturated rings. The summed E-state index contributed by atoms with van der Waals surface area (Å²) in [7, 11) is 0. The van der Waals surface area contributed by atoms with Crippen molar-refractivity contribution in [3.05, 3.63) is 167 Å². The number of aliphatic carboxylic acids is 1. The summed E-state index contributed by atoms with van der Waals surface area (Å²) in [6.45, 7) is 17.7. The Labute approximate surface area is 495 Å². The second kappa shape index (κ2) is 29.6. The highest BCUT2D eigenvalue weighted by atomic mass is 16.5. The summed E-state index contributed by atoms with van der Waals surface area (Å²) >= 11 is 0. The van der Waals surface area contributed by atoms with Crippen LogP contribution in [0.1, 0.15) is 147 Å². The highest BCUT2D eigenvalue weighted by Gasteiger charge is 2.42. The zero-order chi connectivity index (χ0) is 61.4. The first-order valence-corrected chi connectivity index (χ1v) is 29.3. The first-order chi connectivity index (χ1) is 39.8. The fourth-order valence-electron chi connectivity index (χ4n) is 10.6. The number of amides is 5. The van der Waals surface area contributed by atoms with Gasteiger partial charge in [-0.3, -0.25) is 33.6 Å². The molecule has 448 valence electrons. The van der Waals surface area contributed by atoms with Gasteiger partial charge in [-0.25, -0.2) is 4.79 Å². The normalized spacial score (nSPS) is 15.8. The molecule has 0 saturated carbocycles. The molecular weight excluding hydrogens is 1060 g/mol. The van der Waals surface area contributed by atoms with Gasteiger partial charge < -0.3 is 40.7 Å². The van der Waals surface area contributed by atoms with Crippen molar-refractivity contribution in [3.63, 3.8) is 0 Å². The number of benzene rings is 5. The lowest BCUT2D eigenvalue weighted by atomic mass is 9.77. The Morgan fingerprint density at radius 2 is 1.14 bits per heavy atom. The molecule has 6 rings (SSSR count). The van der Waals surface area contributed by atoms with E-state index in [4.69, 9.17) is 9.47 Å². The minimum atomic E-state index is -1.69. The summed E-state index contributed by atoms with van der Waals surface area (Å²) in [5.74, 6) is -7.58. The fourth-order valence-corrected chi connectivity index (χ4v) is 10.6. The maximum atomic E-state index is 14.4.